The van der Waals surface area contributed by atoms with Crippen molar-refractivity contribution in [1.82, 2.24) is 10.6 Å². The minimum absolute atomic E-state index is 0.115. The van der Waals surface area contributed by atoms with Crippen molar-refractivity contribution in [2.75, 3.05) is 12.4 Å². The molecule has 59 heavy (non-hydrogen) atoms. The summed E-state index contributed by atoms with van der Waals surface area (Å²) in [7, 11) is 0. The van der Waals surface area contributed by atoms with E-state index in [0.29, 0.717) is 0 Å². The number of benzene rings is 7. The Balaban J connectivity index is 1.40. The number of hydrogen-bond acceptors (Lipinski definition) is 6. The number of carbonyl (C=O) groups excluding carboxylic acids is 2. The van der Waals surface area contributed by atoms with Crippen molar-refractivity contribution >= 4 is 23.6 Å². The minimum atomic E-state index is -1.00. The van der Waals surface area contributed by atoms with Gasteiger partial charge in [-0.2, -0.15) is 0 Å². The molecule has 0 aliphatic rings. The number of aromatic hydroxyl groups is 1. The van der Waals surface area contributed by atoms with E-state index in [4.69, 9.17) is 4.74 Å². The molecule has 0 radical (unpaired) electrons. The summed E-state index contributed by atoms with van der Waals surface area (Å²) in [5.74, 6) is -0.491. The van der Waals surface area contributed by atoms with Crippen LogP contribution >= 0.6 is 11.8 Å². The maximum atomic E-state index is 15.4. The Hall–Kier alpha value is -6.41. The van der Waals surface area contributed by atoms with E-state index in [2.05, 4.69) is 120 Å². The van der Waals surface area contributed by atoms with E-state index < -0.39 is 28.3 Å². The fourth-order valence-corrected chi connectivity index (χ4v) is 9.37. The van der Waals surface area contributed by atoms with Gasteiger partial charge in [0.25, 0.3) is 0 Å². The summed E-state index contributed by atoms with van der Waals surface area (Å²) in [6.07, 6.45) is 0.175. The Morgan fingerprint density at radius 3 is 1.29 bits per heavy atom. The third-order valence-electron chi connectivity index (χ3n) is 10.6. The molecule has 7 aromatic carbocycles. The van der Waals surface area contributed by atoms with Crippen LogP contribution in [0.5, 0.6) is 5.75 Å². The van der Waals surface area contributed by atoms with Crippen molar-refractivity contribution in [2.24, 2.45) is 0 Å². The molecule has 0 bridgehead atoms. The lowest BCUT2D eigenvalue weighted by Crippen LogP contribution is -2.58. The minimum Gasteiger partial charge on any atom is -0.508 e. The zero-order chi connectivity index (χ0) is 40.9. The van der Waals surface area contributed by atoms with E-state index in [9.17, 15) is 9.90 Å². The van der Waals surface area contributed by atoms with E-state index >= 15 is 4.79 Å². The maximum absolute atomic E-state index is 15.4. The topological polar surface area (TPSA) is 87.7 Å². The SMILES string of the molecule is CCOC(=O)[C@@H](Cc1ccc(O)cc1)NC(=O)[C@H](CSC(c1ccccc1)(c1ccccc1)c1ccccc1)NC(c1ccccc1)(c1ccccc1)c1ccccc1. The molecule has 0 aliphatic carbocycles. The molecule has 0 aliphatic heterocycles. The Labute approximate surface area is 351 Å². The smallest absolute Gasteiger partial charge is 0.328 e. The fraction of sp³-hybridized carbons (Fsp3) is 0.154. The van der Waals surface area contributed by atoms with Gasteiger partial charge in [0.1, 0.15) is 11.8 Å². The van der Waals surface area contributed by atoms with Gasteiger partial charge in [0.15, 0.2) is 0 Å². The summed E-state index contributed by atoms with van der Waals surface area (Å²) in [4.78, 5) is 29.1. The van der Waals surface area contributed by atoms with E-state index in [-0.39, 0.29) is 30.4 Å². The molecule has 296 valence electrons. The van der Waals surface area contributed by atoms with Gasteiger partial charge in [0.05, 0.1) is 22.9 Å². The van der Waals surface area contributed by atoms with Crippen molar-refractivity contribution in [3.8, 4) is 5.75 Å². The molecule has 0 spiro atoms. The number of nitrogens with one attached hydrogen (secondary N) is 2. The molecule has 7 heteroatoms. The molecule has 6 nitrogen and oxygen atoms in total. The van der Waals surface area contributed by atoms with Crippen LogP contribution < -0.4 is 10.6 Å². The largest absolute Gasteiger partial charge is 0.508 e. The molecule has 1 amide bonds. The van der Waals surface area contributed by atoms with Crippen LogP contribution in [-0.2, 0) is 31.0 Å². The van der Waals surface area contributed by atoms with Gasteiger partial charge in [-0.25, -0.2) is 4.79 Å². The molecule has 0 saturated carbocycles. The number of ether oxygens (including phenoxy) is 1. The summed E-state index contributed by atoms with van der Waals surface area (Å²) in [5.41, 5.74) is 5.82. The number of rotatable bonds is 17. The summed E-state index contributed by atoms with van der Waals surface area (Å²) in [6.45, 7) is 1.91. The second kappa shape index (κ2) is 19.4. The molecular weight excluding hydrogens is 749 g/mol. The van der Waals surface area contributed by atoms with Crippen molar-refractivity contribution in [3.05, 3.63) is 245 Å². The van der Waals surface area contributed by atoms with E-state index in [1.807, 2.05) is 72.8 Å². The maximum Gasteiger partial charge on any atom is 0.328 e. The number of phenols is 1. The molecular formula is C52H48N2O4S. The second-order valence-corrected chi connectivity index (χ2v) is 15.6. The number of phenolic OH excluding ortho intramolecular Hbond substituents is 1. The van der Waals surface area contributed by atoms with Gasteiger partial charge in [0.2, 0.25) is 5.91 Å². The van der Waals surface area contributed by atoms with E-state index in [1.165, 1.54) is 0 Å². The highest BCUT2D eigenvalue weighted by atomic mass is 32.2. The Bertz CT molecular complexity index is 2170. The lowest BCUT2D eigenvalue weighted by atomic mass is 9.76. The molecule has 7 rings (SSSR count). The molecule has 0 unspecified atom stereocenters. The molecule has 7 aromatic rings. The quantitative estimate of drug-likeness (QED) is 0.0629. The van der Waals surface area contributed by atoms with Crippen molar-refractivity contribution < 1.29 is 19.4 Å². The first-order valence-electron chi connectivity index (χ1n) is 19.9. The zero-order valence-electron chi connectivity index (χ0n) is 33.0. The monoisotopic (exact) mass is 796 g/mol. The summed E-state index contributed by atoms with van der Waals surface area (Å²) >= 11 is 1.68. The van der Waals surface area contributed by atoms with Crippen LogP contribution in [0.25, 0.3) is 0 Å². The lowest BCUT2D eigenvalue weighted by Gasteiger charge is -2.41. The Morgan fingerprint density at radius 1 is 0.542 bits per heavy atom. The van der Waals surface area contributed by atoms with Crippen LogP contribution in [-0.4, -0.2) is 41.4 Å². The van der Waals surface area contributed by atoms with Crippen molar-refractivity contribution in [1.29, 1.82) is 0 Å². The first kappa shape index (κ1) is 40.8. The van der Waals surface area contributed by atoms with Gasteiger partial charge in [0, 0.05) is 12.2 Å². The van der Waals surface area contributed by atoms with Gasteiger partial charge in [-0.3, -0.25) is 10.1 Å². The molecule has 0 aromatic heterocycles. The third-order valence-corrected chi connectivity index (χ3v) is 12.2. The van der Waals surface area contributed by atoms with Crippen LogP contribution in [0.3, 0.4) is 0 Å². The normalized spacial score (nSPS) is 12.6. The Kier molecular flexibility index (Phi) is 13.4. The number of hydrogen-bond donors (Lipinski definition) is 3. The summed E-state index contributed by atoms with van der Waals surface area (Å²) in [6, 6.07) is 66.6. The zero-order valence-corrected chi connectivity index (χ0v) is 33.8. The van der Waals surface area contributed by atoms with Crippen LogP contribution in [0.2, 0.25) is 0 Å². The van der Waals surface area contributed by atoms with E-state index in [0.717, 1.165) is 38.9 Å². The number of thioether (sulfide) groups is 1. The Morgan fingerprint density at radius 2 is 0.915 bits per heavy atom. The van der Waals surface area contributed by atoms with Gasteiger partial charge in [-0.1, -0.05) is 194 Å². The van der Waals surface area contributed by atoms with Gasteiger partial charge in [-0.05, 0) is 58.0 Å². The molecule has 2 atom stereocenters. The average Bonchev–Trinajstić information content (AvgIpc) is 3.30. The first-order chi connectivity index (χ1) is 28.9. The third kappa shape index (κ3) is 9.18. The molecule has 0 fully saturated rings. The molecule has 0 heterocycles. The van der Waals surface area contributed by atoms with Crippen LogP contribution in [0.15, 0.2) is 206 Å². The second-order valence-electron chi connectivity index (χ2n) is 14.3. The van der Waals surface area contributed by atoms with E-state index in [1.54, 1.807) is 43.0 Å². The number of esters is 1. The predicted molar refractivity (Wildman–Crippen MR) is 238 cm³/mol. The van der Waals surface area contributed by atoms with Gasteiger partial charge in [-0.15, -0.1) is 11.8 Å². The van der Waals surface area contributed by atoms with Gasteiger partial charge < -0.3 is 15.2 Å². The highest BCUT2D eigenvalue weighted by Gasteiger charge is 2.43. The lowest BCUT2D eigenvalue weighted by molar-refractivity contribution is -0.147. The van der Waals surface area contributed by atoms with Crippen molar-refractivity contribution in [2.45, 2.75) is 35.7 Å². The number of amides is 1. The predicted octanol–water partition coefficient (Wildman–Crippen LogP) is 9.66. The standard InChI is InChI=1S/C52H48N2O4S/c1-2-58-50(57)47(37-39-33-35-46(55)36-34-39)53-49(56)48(54-51(40-21-9-3-10-22-40,41-23-11-4-12-24-41)42-25-13-5-14-26-42)38-59-52(43-27-15-6-16-28-43,44-29-17-7-18-30-44)45-31-19-8-20-32-45/h3-36,47-48,54-55H,2,37-38H2,1H3,(H,53,56)/t47-,48+/m1/s1. The van der Waals surface area contributed by atoms with Crippen LogP contribution in [0.1, 0.15) is 45.9 Å². The molecule has 0 saturated heterocycles. The molecule has 3 N–H and O–H groups in total. The fourth-order valence-electron chi connectivity index (χ4n) is 7.81. The van der Waals surface area contributed by atoms with Crippen LogP contribution in [0, 0.1) is 0 Å². The van der Waals surface area contributed by atoms with Gasteiger partial charge >= 0.3 is 5.97 Å². The summed E-state index contributed by atoms with van der Waals surface area (Å²) in [5, 5.41) is 17.1. The average molecular weight is 797 g/mol. The number of carbonyl (C=O) groups is 2. The highest BCUT2D eigenvalue weighted by Crippen LogP contribution is 2.49. The highest BCUT2D eigenvalue weighted by molar-refractivity contribution is 8.00. The first-order valence-corrected chi connectivity index (χ1v) is 20.9. The summed E-state index contributed by atoms with van der Waals surface area (Å²) < 4.78 is 4.82. The van der Waals surface area contributed by atoms with Crippen molar-refractivity contribution in [3.63, 3.8) is 0 Å². The van der Waals surface area contributed by atoms with Crippen LogP contribution in [0.4, 0.5) is 0 Å².